The molecule has 1 amide bonds. The predicted octanol–water partition coefficient (Wildman–Crippen LogP) is 1.08. The Kier molecular flexibility index (Phi) is 4.34. The number of hydrogen-bond donors (Lipinski definition) is 1. The summed E-state index contributed by atoms with van der Waals surface area (Å²) in [5.41, 5.74) is 0.866. The van der Waals surface area contributed by atoms with E-state index >= 15 is 0 Å². The van der Waals surface area contributed by atoms with E-state index in [1.165, 1.54) is 12.4 Å². The second kappa shape index (κ2) is 6.69. The normalized spacial score (nSPS) is 19.7. The minimum atomic E-state index is -2.99. The van der Waals surface area contributed by atoms with Crippen LogP contribution in [0.3, 0.4) is 0 Å². The SMILES string of the molecule is CN(c1ncc(C(=O)Nc2ccc3c(c2)OCO3)cn1)C1CCS(=O)(=O)C1. The standard InChI is InChI=1S/C17H18N4O5S/c1-21(13-4-5-27(23,24)9-13)17-18-7-11(8-19-17)16(22)20-12-2-3-14-15(6-12)26-10-25-14/h2-3,6-8,13H,4-5,9-10H2,1H3,(H,20,22). The molecule has 2 aromatic rings. The number of nitrogens with one attached hydrogen (secondary N) is 1. The first-order chi connectivity index (χ1) is 12.9. The van der Waals surface area contributed by atoms with Crippen LogP contribution in [0, 0.1) is 0 Å². The van der Waals surface area contributed by atoms with Crippen LogP contribution in [0.25, 0.3) is 0 Å². The van der Waals surface area contributed by atoms with Gasteiger partial charge in [0, 0.05) is 37.2 Å². The Labute approximate surface area is 156 Å². The molecule has 1 aromatic carbocycles. The van der Waals surface area contributed by atoms with Gasteiger partial charge in [0.05, 0.1) is 17.1 Å². The van der Waals surface area contributed by atoms with E-state index < -0.39 is 9.84 Å². The summed E-state index contributed by atoms with van der Waals surface area (Å²) >= 11 is 0. The van der Waals surface area contributed by atoms with Crippen LogP contribution in [0.4, 0.5) is 11.6 Å². The van der Waals surface area contributed by atoms with E-state index in [2.05, 4.69) is 15.3 Å². The number of anilines is 2. The number of nitrogens with zero attached hydrogens (tertiary/aromatic N) is 3. The van der Waals surface area contributed by atoms with Crippen molar-refractivity contribution in [2.24, 2.45) is 0 Å². The largest absolute Gasteiger partial charge is 0.454 e. The Morgan fingerprint density at radius 3 is 2.67 bits per heavy atom. The van der Waals surface area contributed by atoms with Gasteiger partial charge in [-0.25, -0.2) is 18.4 Å². The molecule has 1 unspecified atom stereocenters. The second-order valence-electron chi connectivity index (χ2n) is 6.46. The van der Waals surface area contributed by atoms with E-state index in [1.807, 2.05) is 0 Å². The van der Waals surface area contributed by atoms with Gasteiger partial charge in [0.1, 0.15) is 0 Å². The van der Waals surface area contributed by atoms with Crippen molar-refractivity contribution in [3.8, 4) is 11.5 Å². The third kappa shape index (κ3) is 3.65. The molecule has 0 saturated carbocycles. The highest BCUT2D eigenvalue weighted by Gasteiger charge is 2.31. The predicted molar refractivity (Wildman–Crippen MR) is 98.0 cm³/mol. The zero-order chi connectivity index (χ0) is 19.0. The highest BCUT2D eigenvalue weighted by atomic mass is 32.2. The van der Waals surface area contributed by atoms with Gasteiger partial charge in [-0.05, 0) is 18.6 Å². The van der Waals surface area contributed by atoms with Crippen molar-refractivity contribution < 1.29 is 22.7 Å². The first-order valence-electron chi connectivity index (χ1n) is 8.37. The average Bonchev–Trinajstić information content (AvgIpc) is 3.26. The molecule has 1 fully saturated rings. The van der Waals surface area contributed by atoms with Crippen LogP contribution >= 0.6 is 0 Å². The van der Waals surface area contributed by atoms with Gasteiger partial charge >= 0.3 is 0 Å². The molecular formula is C17H18N4O5S. The van der Waals surface area contributed by atoms with Gasteiger partial charge in [0.25, 0.3) is 5.91 Å². The number of hydrogen-bond acceptors (Lipinski definition) is 8. The molecule has 2 aliphatic rings. The number of ether oxygens (including phenoxy) is 2. The van der Waals surface area contributed by atoms with E-state index in [0.717, 1.165) is 0 Å². The van der Waals surface area contributed by atoms with Crippen molar-refractivity contribution in [3.63, 3.8) is 0 Å². The Balaban J connectivity index is 1.43. The van der Waals surface area contributed by atoms with E-state index in [4.69, 9.17) is 9.47 Å². The van der Waals surface area contributed by atoms with Gasteiger partial charge < -0.3 is 19.7 Å². The van der Waals surface area contributed by atoms with Gasteiger partial charge in [-0.1, -0.05) is 0 Å². The summed E-state index contributed by atoms with van der Waals surface area (Å²) in [6.45, 7) is 0.165. The first kappa shape index (κ1) is 17.5. The smallest absolute Gasteiger partial charge is 0.258 e. The molecule has 1 atom stereocenters. The van der Waals surface area contributed by atoms with Crippen LogP contribution in [0.2, 0.25) is 0 Å². The third-order valence-electron chi connectivity index (χ3n) is 4.60. The first-order valence-corrected chi connectivity index (χ1v) is 10.2. The lowest BCUT2D eigenvalue weighted by molar-refractivity contribution is 0.102. The van der Waals surface area contributed by atoms with Crippen LogP contribution in [-0.4, -0.2) is 55.7 Å². The van der Waals surface area contributed by atoms with E-state index in [-0.39, 0.29) is 30.2 Å². The molecule has 9 nitrogen and oxygen atoms in total. The summed E-state index contributed by atoms with van der Waals surface area (Å²) in [6.07, 6.45) is 3.39. The monoisotopic (exact) mass is 390 g/mol. The molecule has 1 aromatic heterocycles. The fourth-order valence-corrected chi connectivity index (χ4v) is 4.82. The maximum atomic E-state index is 12.4. The number of carbonyl (C=O) groups excluding carboxylic acids is 1. The number of benzene rings is 1. The Morgan fingerprint density at radius 2 is 1.96 bits per heavy atom. The molecule has 1 saturated heterocycles. The van der Waals surface area contributed by atoms with Crippen LogP contribution < -0.4 is 19.7 Å². The summed E-state index contributed by atoms with van der Waals surface area (Å²) in [5.74, 6) is 1.52. The third-order valence-corrected chi connectivity index (χ3v) is 6.35. The van der Waals surface area contributed by atoms with Crippen molar-refractivity contribution in [3.05, 3.63) is 36.2 Å². The number of fused-ring (bicyclic) bond motifs is 1. The summed E-state index contributed by atoms with van der Waals surface area (Å²) in [6, 6.07) is 4.98. The summed E-state index contributed by atoms with van der Waals surface area (Å²) in [5, 5.41) is 2.76. The number of amides is 1. The van der Waals surface area contributed by atoms with Gasteiger partial charge in [0.2, 0.25) is 12.7 Å². The van der Waals surface area contributed by atoms with Crippen LogP contribution in [-0.2, 0) is 9.84 Å². The summed E-state index contributed by atoms with van der Waals surface area (Å²) < 4.78 is 33.8. The highest BCUT2D eigenvalue weighted by Crippen LogP contribution is 2.34. The maximum Gasteiger partial charge on any atom is 0.258 e. The molecule has 10 heteroatoms. The Bertz CT molecular complexity index is 977. The van der Waals surface area contributed by atoms with Crippen molar-refractivity contribution >= 4 is 27.4 Å². The van der Waals surface area contributed by atoms with Gasteiger partial charge in [-0.15, -0.1) is 0 Å². The molecule has 0 aliphatic carbocycles. The molecule has 27 heavy (non-hydrogen) atoms. The zero-order valence-corrected chi connectivity index (χ0v) is 15.4. The molecule has 3 heterocycles. The Hall–Kier alpha value is -2.88. The minimum Gasteiger partial charge on any atom is -0.454 e. The van der Waals surface area contributed by atoms with Crippen molar-refractivity contribution in [2.75, 3.05) is 35.6 Å². The molecule has 2 aliphatic heterocycles. The number of carbonyl (C=O) groups is 1. The number of aromatic nitrogens is 2. The lowest BCUT2D eigenvalue weighted by Gasteiger charge is -2.23. The van der Waals surface area contributed by atoms with Crippen LogP contribution in [0.1, 0.15) is 16.8 Å². The highest BCUT2D eigenvalue weighted by molar-refractivity contribution is 7.91. The molecule has 0 spiro atoms. The van der Waals surface area contributed by atoms with Crippen LogP contribution in [0.15, 0.2) is 30.6 Å². The van der Waals surface area contributed by atoms with Crippen molar-refractivity contribution in [1.29, 1.82) is 0 Å². The van der Waals surface area contributed by atoms with Gasteiger partial charge in [0.15, 0.2) is 21.3 Å². The van der Waals surface area contributed by atoms with Crippen molar-refractivity contribution in [2.45, 2.75) is 12.5 Å². The topological polar surface area (TPSA) is 111 Å². The quantitative estimate of drug-likeness (QED) is 0.826. The van der Waals surface area contributed by atoms with E-state index in [0.29, 0.717) is 35.1 Å². The average molecular weight is 390 g/mol. The van der Waals surface area contributed by atoms with E-state index in [1.54, 1.807) is 30.1 Å². The number of sulfone groups is 1. The summed E-state index contributed by atoms with van der Waals surface area (Å²) in [7, 11) is -1.23. The molecule has 0 bridgehead atoms. The fourth-order valence-electron chi connectivity index (χ4n) is 3.04. The lowest BCUT2D eigenvalue weighted by atomic mass is 10.2. The molecule has 1 N–H and O–H groups in total. The zero-order valence-electron chi connectivity index (χ0n) is 14.6. The molecule has 4 rings (SSSR count). The molecule has 142 valence electrons. The van der Waals surface area contributed by atoms with E-state index in [9.17, 15) is 13.2 Å². The van der Waals surface area contributed by atoms with Crippen molar-refractivity contribution in [1.82, 2.24) is 9.97 Å². The van der Waals surface area contributed by atoms with Gasteiger partial charge in [-0.2, -0.15) is 0 Å². The van der Waals surface area contributed by atoms with Crippen LogP contribution in [0.5, 0.6) is 11.5 Å². The maximum absolute atomic E-state index is 12.4. The molecular weight excluding hydrogens is 372 g/mol. The Morgan fingerprint density at radius 1 is 1.22 bits per heavy atom. The summed E-state index contributed by atoms with van der Waals surface area (Å²) in [4.78, 5) is 22.5. The fraction of sp³-hybridized carbons (Fsp3) is 0.353. The van der Waals surface area contributed by atoms with Gasteiger partial charge in [-0.3, -0.25) is 4.79 Å². The second-order valence-corrected chi connectivity index (χ2v) is 8.69. The minimum absolute atomic E-state index is 0.0964. The lowest BCUT2D eigenvalue weighted by Crippen LogP contribution is -2.34. The number of rotatable bonds is 4. The molecule has 0 radical (unpaired) electrons.